The van der Waals surface area contributed by atoms with E-state index in [2.05, 4.69) is 26.7 Å². The van der Waals surface area contributed by atoms with E-state index in [1.54, 1.807) is 0 Å². The van der Waals surface area contributed by atoms with Crippen LogP contribution in [-0.2, 0) is 6.54 Å². The van der Waals surface area contributed by atoms with Gasteiger partial charge in [0.15, 0.2) is 0 Å². The van der Waals surface area contributed by atoms with Crippen LogP contribution >= 0.6 is 11.5 Å². The highest BCUT2D eigenvalue weighted by atomic mass is 32.1. The van der Waals surface area contributed by atoms with Gasteiger partial charge in [0, 0.05) is 37.3 Å². The molecule has 1 fully saturated rings. The molecule has 0 amide bonds. The molecule has 102 valence electrons. The minimum absolute atomic E-state index is 0.274. The van der Waals surface area contributed by atoms with Crippen molar-refractivity contribution >= 4 is 16.5 Å². The van der Waals surface area contributed by atoms with E-state index < -0.39 is 0 Å². The zero-order valence-corrected chi connectivity index (χ0v) is 11.7. The number of anilines is 1. The van der Waals surface area contributed by atoms with Gasteiger partial charge in [-0.1, -0.05) is 10.9 Å². The summed E-state index contributed by atoms with van der Waals surface area (Å²) in [6.07, 6.45) is 4.58. The predicted octanol–water partition coefficient (Wildman–Crippen LogP) is 1.71. The van der Waals surface area contributed by atoms with Crippen LogP contribution in [-0.4, -0.2) is 45.3 Å². The lowest BCUT2D eigenvalue weighted by molar-refractivity contribution is 0.111. The molecule has 5 nitrogen and oxygen atoms in total. The van der Waals surface area contributed by atoms with Crippen molar-refractivity contribution in [3.8, 4) is 0 Å². The minimum atomic E-state index is 0.274. The van der Waals surface area contributed by atoms with Crippen LogP contribution in [0.25, 0.3) is 0 Å². The van der Waals surface area contributed by atoms with Gasteiger partial charge in [-0.2, -0.15) is 0 Å². The van der Waals surface area contributed by atoms with E-state index >= 15 is 0 Å². The van der Waals surface area contributed by atoms with Gasteiger partial charge < -0.3 is 10.4 Å². The van der Waals surface area contributed by atoms with Crippen molar-refractivity contribution in [1.82, 2.24) is 14.5 Å². The molecule has 6 heteroatoms. The smallest absolute Gasteiger partial charge is 0.134 e. The van der Waals surface area contributed by atoms with E-state index in [4.69, 9.17) is 5.11 Å². The van der Waals surface area contributed by atoms with Gasteiger partial charge in [-0.3, -0.25) is 4.90 Å². The van der Waals surface area contributed by atoms with Crippen molar-refractivity contribution in [2.24, 2.45) is 0 Å². The molecule has 1 aliphatic heterocycles. The minimum Gasteiger partial charge on any atom is -0.396 e. The molecule has 0 saturated carbocycles. The first-order chi connectivity index (χ1) is 8.85. The molecule has 0 spiro atoms. The first-order valence-electron chi connectivity index (χ1n) is 6.75. The molecule has 1 atom stereocenters. The maximum Gasteiger partial charge on any atom is 0.134 e. The summed E-state index contributed by atoms with van der Waals surface area (Å²) in [6, 6.07) is 0.500. The van der Waals surface area contributed by atoms with Crippen LogP contribution in [0.3, 0.4) is 0 Å². The van der Waals surface area contributed by atoms with Crippen LogP contribution in [0.1, 0.15) is 38.3 Å². The van der Waals surface area contributed by atoms with Crippen molar-refractivity contribution in [3.05, 3.63) is 5.69 Å². The maximum atomic E-state index is 9.14. The van der Waals surface area contributed by atoms with Crippen molar-refractivity contribution in [2.75, 3.05) is 25.0 Å². The number of aliphatic hydroxyl groups excluding tert-OH is 1. The second-order valence-corrected chi connectivity index (χ2v) is 5.47. The number of aliphatic hydroxyl groups is 1. The number of hydrogen-bond donors (Lipinski definition) is 2. The molecular formula is C12H22N4OS. The van der Waals surface area contributed by atoms with E-state index in [0.717, 1.165) is 36.8 Å². The van der Waals surface area contributed by atoms with Crippen LogP contribution in [0.4, 0.5) is 5.00 Å². The summed E-state index contributed by atoms with van der Waals surface area (Å²) in [6.45, 7) is 5.21. The molecule has 1 unspecified atom stereocenters. The van der Waals surface area contributed by atoms with E-state index in [1.807, 2.05) is 0 Å². The second kappa shape index (κ2) is 7.01. The second-order valence-electron chi connectivity index (χ2n) is 4.71. The van der Waals surface area contributed by atoms with E-state index in [9.17, 15) is 0 Å². The van der Waals surface area contributed by atoms with Gasteiger partial charge in [-0.25, -0.2) is 0 Å². The number of nitrogens with one attached hydrogen (secondary N) is 1. The van der Waals surface area contributed by atoms with Gasteiger partial charge in [0.2, 0.25) is 0 Å². The summed E-state index contributed by atoms with van der Waals surface area (Å²) in [5, 5.41) is 17.8. The van der Waals surface area contributed by atoms with Gasteiger partial charge in [0.05, 0.1) is 0 Å². The fourth-order valence-electron chi connectivity index (χ4n) is 2.54. The standard InChI is InChI=1S/C12H22N4OS/c1-2-13-12-11(14-15-18-12)9-16-7-4-3-5-10(16)6-8-17/h10,13,17H,2-9H2,1H3. The van der Waals surface area contributed by atoms with E-state index in [1.165, 1.54) is 30.8 Å². The Morgan fingerprint density at radius 1 is 1.50 bits per heavy atom. The maximum absolute atomic E-state index is 9.14. The SMILES string of the molecule is CCNc1snnc1CN1CCCCC1CCO. The number of aromatic nitrogens is 2. The number of rotatable bonds is 6. The average molecular weight is 270 g/mol. The highest BCUT2D eigenvalue weighted by Crippen LogP contribution is 2.25. The molecule has 2 N–H and O–H groups in total. The van der Waals surface area contributed by atoms with Gasteiger partial charge in [0.25, 0.3) is 0 Å². The third-order valence-corrected chi connectivity index (χ3v) is 4.18. The molecule has 2 rings (SSSR count). The van der Waals surface area contributed by atoms with Crippen LogP contribution in [0.5, 0.6) is 0 Å². The molecule has 0 aliphatic carbocycles. The highest BCUT2D eigenvalue weighted by molar-refractivity contribution is 7.10. The summed E-state index contributed by atoms with van der Waals surface area (Å²) in [7, 11) is 0. The fraction of sp³-hybridized carbons (Fsp3) is 0.833. The molecule has 1 saturated heterocycles. The molecule has 0 bridgehead atoms. The number of piperidine rings is 1. The zero-order chi connectivity index (χ0) is 12.8. The van der Waals surface area contributed by atoms with Gasteiger partial charge in [0.1, 0.15) is 10.7 Å². The molecule has 18 heavy (non-hydrogen) atoms. The van der Waals surface area contributed by atoms with Crippen LogP contribution in [0.2, 0.25) is 0 Å². The van der Waals surface area contributed by atoms with Crippen LogP contribution in [0, 0.1) is 0 Å². The Morgan fingerprint density at radius 3 is 3.17 bits per heavy atom. The van der Waals surface area contributed by atoms with Crippen LogP contribution < -0.4 is 5.32 Å². The lowest BCUT2D eigenvalue weighted by Crippen LogP contribution is -2.39. The Bertz CT molecular complexity index is 356. The van der Waals surface area contributed by atoms with Crippen LogP contribution in [0.15, 0.2) is 0 Å². The number of hydrogen-bond acceptors (Lipinski definition) is 6. The largest absolute Gasteiger partial charge is 0.396 e. The molecule has 1 aliphatic rings. The first kappa shape index (κ1) is 13.7. The Labute approximate surface area is 112 Å². The summed E-state index contributed by atoms with van der Waals surface area (Å²) < 4.78 is 4.03. The Kier molecular flexibility index (Phi) is 5.34. The van der Waals surface area contributed by atoms with Gasteiger partial charge >= 0.3 is 0 Å². The monoisotopic (exact) mass is 270 g/mol. The highest BCUT2D eigenvalue weighted by Gasteiger charge is 2.23. The topological polar surface area (TPSA) is 61.3 Å². The van der Waals surface area contributed by atoms with Gasteiger partial charge in [-0.05, 0) is 32.7 Å². The van der Waals surface area contributed by atoms with Crippen molar-refractivity contribution in [2.45, 2.75) is 45.2 Å². The van der Waals surface area contributed by atoms with Crippen molar-refractivity contribution in [1.29, 1.82) is 0 Å². The van der Waals surface area contributed by atoms with E-state index in [-0.39, 0.29) is 6.61 Å². The van der Waals surface area contributed by atoms with E-state index in [0.29, 0.717) is 6.04 Å². The van der Waals surface area contributed by atoms with Gasteiger partial charge in [-0.15, -0.1) is 5.10 Å². The number of nitrogens with zero attached hydrogens (tertiary/aromatic N) is 3. The van der Waals surface area contributed by atoms with Crippen molar-refractivity contribution < 1.29 is 5.11 Å². The first-order valence-corrected chi connectivity index (χ1v) is 7.52. The Morgan fingerprint density at radius 2 is 2.39 bits per heavy atom. The molecule has 2 heterocycles. The average Bonchev–Trinajstić information content (AvgIpc) is 2.80. The molecule has 0 aromatic carbocycles. The summed E-state index contributed by atoms with van der Waals surface area (Å²) in [4.78, 5) is 2.44. The Hall–Kier alpha value is -0.720. The normalized spacial score (nSPS) is 21.1. The molecular weight excluding hydrogens is 248 g/mol. The quantitative estimate of drug-likeness (QED) is 0.824. The molecule has 1 aromatic heterocycles. The lowest BCUT2D eigenvalue weighted by Gasteiger charge is -2.35. The Balaban J connectivity index is 1.99. The third-order valence-electron chi connectivity index (χ3n) is 3.46. The van der Waals surface area contributed by atoms with Crippen molar-refractivity contribution in [3.63, 3.8) is 0 Å². The summed E-state index contributed by atoms with van der Waals surface area (Å²) in [5.74, 6) is 0. The fourth-order valence-corrected chi connectivity index (χ4v) is 3.18. The summed E-state index contributed by atoms with van der Waals surface area (Å²) >= 11 is 1.43. The predicted molar refractivity (Wildman–Crippen MR) is 73.8 cm³/mol. The zero-order valence-electron chi connectivity index (χ0n) is 10.9. The number of likely N-dealkylation sites (tertiary alicyclic amines) is 1. The molecule has 0 radical (unpaired) electrons. The molecule has 1 aromatic rings. The third kappa shape index (κ3) is 3.40. The summed E-state index contributed by atoms with van der Waals surface area (Å²) in [5.41, 5.74) is 1.05. The lowest BCUT2D eigenvalue weighted by atomic mass is 9.99.